The molecule has 0 fully saturated rings. The van der Waals surface area contributed by atoms with Crippen molar-refractivity contribution < 1.29 is 0 Å². The van der Waals surface area contributed by atoms with Crippen molar-refractivity contribution >= 4 is 11.5 Å². The fraction of sp³-hybridized carbons (Fsp3) is 0.0667. The third-order valence-corrected chi connectivity index (χ3v) is 3.63. The molecule has 1 heterocycles. The summed E-state index contributed by atoms with van der Waals surface area (Å²) in [4.78, 5) is 4.67. The summed E-state index contributed by atoms with van der Waals surface area (Å²) in [6.45, 7) is 0.752. The van der Waals surface area contributed by atoms with E-state index in [4.69, 9.17) is 5.41 Å². The van der Waals surface area contributed by atoms with Crippen LogP contribution in [-0.4, -0.2) is 8.94 Å². The molecular weight excluding hydrogens is 254 g/mol. The van der Waals surface area contributed by atoms with Crippen molar-refractivity contribution in [1.82, 2.24) is 8.94 Å². The van der Waals surface area contributed by atoms with Gasteiger partial charge in [-0.3, -0.25) is 9.37 Å². The first-order valence-corrected chi connectivity index (χ1v) is 6.82. The zero-order valence-corrected chi connectivity index (χ0v) is 11.1. The van der Waals surface area contributed by atoms with Crippen molar-refractivity contribution in [3.8, 4) is 11.4 Å². The number of rotatable bonds is 3. The summed E-state index contributed by atoms with van der Waals surface area (Å²) >= 11 is 1.38. The van der Waals surface area contributed by atoms with Gasteiger partial charge >= 0.3 is 0 Å². The lowest BCUT2D eigenvalue weighted by Crippen LogP contribution is -1.99. The first-order valence-electron chi connectivity index (χ1n) is 6.05. The Hall–Kier alpha value is -2.20. The molecule has 1 aromatic heterocycles. The molecule has 3 aromatic rings. The highest BCUT2D eigenvalue weighted by molar-refractivity contribution is 7.03. The van der Waals surface area contributed by atoms with Crippen LogP contribution in [0, 0.1) is 5.41 Å². The molecule has 0 amide bonds. The average molecular weight is 267 g/mol. The van der Waals surface area contributed by atoms with E-state index in [1.807, 2.05) is 48.5 Å². The summed E-state index contributed by atoms with van der Waals surface area (Å²) in [5, 5.41) is 7.76. The molecule has 0 atom stereocenters. The molecule has 2 aromatic carbocycles. The van der Waals surface area contributed by atoms with Crippen molar-refractivity contribution in [2.75, 3.05) is 0 Å². The molecule has 0 aliphatic heterocycles. The zero-order chi connectivity index (χ0) is 13.1. The second-order valence-electron chi connectivity index (χ2n) is 4.22. The second-order valence-corrected chi connectivity index (χ2v) is 5.23. The highest BCUT2D eigenvalue weighted by atomic mass is 32.1. The Labute approximate surface area is 115 Å². The molecular formula is C15H13N3S. The molecule has 4 heteroatoms. The monoisotopic (exact) mass is 267 g/mol. The van der Waals surface area contributed by atoms with Crippen LogP contribution in [0.4, 0.5) is 0 Å². The van der Waals surface area contributed by atoms with E-state index >= 15 is 0 Å². The summed E-state index contributed by atoms with van der Waals surface area (Å²) in [6, 6.07) is 20.3. The van der Waals surface area contributed by atoms with Gasteiger partial charge in [-0.1, -0.05) is 60.7 Å². The molecule has 0 unspecified atom stereocenters. The maximum Gasteiger partial charge on any atom is 0.219 e. The van der Waals surface area contributed by atoms with Crippen molar-refractivity contribution in [3.05, 3.63) is 71.0 Å². The number of aromatic nitrogens is 2. The number of nitrogens with one attached hydrogen (secondary N) is 1. The van der Waals surface area contributed by atoms with Gasteiger partial charge in [0.25, 0.3) is 0 Å². The Balaban J connectivity index is 2.01. The van der Waals surface area contributed by atoms with E-state index < -0.39 is 0 Å². The van der Waals surface area contributed by atoms with Crippen LogP contribution in [0.1, 0.15) is 5.56 Å². The summed E-state index contributed by atoms with van der Waals surface area (Å²) in [5.74, 6) is 0.861. The second kappa shape index (κ2) is 5.20. The Kier molecular flexibility index (Phi) is 3.25. The highest BCUT2D eigenvalue weighted by Gasteiger charge is 2.08. The zero-order valence-electron chi connectivity index (χ0n) is 10.3. The molecule has 0 spiro atoms. The molecule has 1 N–H and O–H groups in total. The SMILES string of the molecule is N=c1nc(-c2ccccc2)n(Cc2ccccc2)s1. The third-order valence-electron chi connectivity index (χ3n) is 2.84. The minimum absolute atomic E-state index is 0.342. The fourth-order valence-electron chi connectivity index (χ4n) is 1.97. The van der Waals surface area contributed by atoms with Crippen molar-refractivity contribution in [2.24, 2.45) is 0 Å². The van der Waals surface area contributed by atoms with E-state index in [0.29, 0.717) is 4.80 Å². The Bertz CT molecular complexity index is 714. The van der Waals surface area contributed by atoms with Gasteiger partial charge in [0.05, 0.1) is 6.54 Å². The minimum atomic E-state index is 0.342. The molecule has 19 heavy (non-hydrogen) atoms. The molecule has 0 aliphatic carbocycles. The predicted molar refractivity (Wildman–Crippen MR) is 76.9 cm³/mol. The molecule has 0 radical (unpaired) electrons. The van der Waals surface area contributed by atoms with Gasteiger partial charge in [-0.05, 0) is 17.1 Å². The largest absolute Gasteiger partial charge is 0.274 e. The lowest BCUT2D eigenvalue weighted by atomic mass is 10.2. The van der Waals surface area contributed by atoms with Crippen LogP contribution < -0.4 is 4.80 Å². The van der Waals surface area contributed by atoms with Crippen molar-refractivity contribution in [2.45, 2.75) is 6.54 Å². The van der Waals surface area contributed by atoms with E-state index in [1.54, 1.807) is 0 Å². The molecule has 0 saturated carbocycles. The summed E-state index contributed by atoms with van der Waals surface area (Å²) < 4.78 is 2.06. The lowest BCUT2D eigenvalue weighted by Gasteiger charge is -2.06. The van der Waals surface area contributed by atoms with Crippen LogP contribution in [0.3, 0.4) is 0 Å². The summed E-state index contributed by atoms with van der Waals surface area (Å²) in [5.41, 5.74) is 2.27. The summed E-state index contributed by atoms with van der Waals surface area (Å²) in [7, 11) is 0. The molecule has 0 aliphatic rings. The van der Waals surface area contributed by atoms with E-state index in [0.717, 1.165) is 17.9 Å². The Morgan fingerprint density at radius 2 is 1.58 bits per heavy atom. The van der Waals surface area contributed by atoms with Crippen LogP contribution in [0.15, 0.2) is 60.7 Å². The lowest BCUT2D eigenvalue weighted by molar-refractivity contribution is 0.873. The normalized spacial score (nSPS) is 10.5. The molecule has 0 saturated heterocycles. The van der Waals surface area contributed by atoms with Gasteiger partial charge in [-0.15, -0.1) is 0 Å². The minimum Gasteiger partial charge on any atom is -0.274 e. The number of benzene rings is 2. The molecule has 3 nitrogen and oxygen atoms in total. The first-order chi connectivity index (χ1) is 9.33. The Morgan fingerprint density at radius 3 is 2.26 bits per heavy atom. The number of nitrogens with zero attached hydrogens (tertiary/aromatic N) is 2. The third kappa shape index (κ3) is 2.63. The van der Waals surface area contributed by atoms with E-state index in [9.17, 15) is 0 Å². The van der Waals surface area contributed by atoms with Gasteiger partial charge in [0.15, 0.2) is 5.82 Å². The van der Waals surface area contributed by atoms with Crippen LogP contribution in [0.25, 0.3) is 11.4 Å². The van der Waals surface area contributed by atoms with Crippen molar-refractivity contribution in [3.63, 3.8) is 0 Å². The Morgan fingerprint density at radius 1 is 0.947 bits per heavy atom. The molecule has 94 valence electrons. The van der Waals surface area contributed by atoms with E-state index in [-0.39, 0.29) is 0 Å². The number of hydrogen-bond acceptors (Lipinski definition) is 3. The van der Waals surface area contributed by atoms with Crippen LogP contribution in [-0.2, 0) is 6.54 Å². The smallest absolute Gasteiger partial charge is 0.219 e. The van der Waals surface area contributed by atoms with Crippen molar-refractivity contribution in [1.29, 1.82) is 5.41 Å². The maximum absolute atomic E-state index is 7.76. The van der Waals surface area contributed by atoms with E-state index in [2.05, 4.69) is 21.1 Å². The topological polar surface area (TPSA) is 41.7 Å². The standard InChI is InChI=1S/C15H13N3S/c16-15-17-14(13-9-5-2-6-10-13)18(19-15)11-12-7-3-1-4-8-12/h1-10,16H,11H2. The molecule has 3 rings (SSSR count). The van der Waals surface area contributed by atoms with Crippen LogP contribution >= 0.6 is 11.5 Å². The average Bonchev–Trinajstić information content (AvgIpc) is 2.82. The van der Waals surface area contributed by atoms with E-state index in [1.165, 1.54) is 17.1 Å². The van der Waals surface area contributed by atoms with Gasteiger partial charge in [-0.2, -0.15) is 4.98 Å². The van der Waals surface area contributed by atoms with Gasteiger partial charge in [0, 0.05) is 5.56 Å². The maximum atomic E-state index is 7.76. The van der Waals surface area contributed by atoms with Crippen LogP contribution in [0.5, 0.6) is 0 Å². The van der Waals surface area contributed by atoms with Gasteiger partial charge in [0.2, 0.25) is 4.80 Å². The predicted octanol–water partition coefficient (Wildman–Crippen LogP) is 3.14. The molecule has 0 bridgehead atoms. The highest BCUT2D eigenvalue weighted by Crippen LogP contribution is 2.18. The van der Waals surface area contributed by atoms with Crippen LogP contribution in [0.2, 0.25) is 0 Å². The van der Waals surface area contributed by atoms with Gasteiger partial charge in [0.1, 0.15) is 0 Å². The van der Waals surface area contributed by atoms with Gasteiger partial charge in [-0.25, -0.2) is 0 Å². The first kappa shape index (κ1) is 11.9. The fourth-order valence-corrected chi connectivity index (χ4v) is 2.75. The van der Waals surface area contributed by atoms with Gasteiger partial charge < -0.3 is 0 Å². The number of hydrogen-bond donors (Lipinski definition) is 1. The summed E-state index contributed by atoms with van der Waals surface area (Å²) in [6.07, 6.45) is 0. The quantitative estimate of drug-likeness (QED) is 0.778.